The second-order valence-electron chi connectivity index (χ2n) is 8.23. The lowest BCUT2D eigenvalue weighted by Crippen LogP contribution is -2.41. The van der Waals surface area contributed by atoms with Crippen LogP contribution in [0.25, 0.3) is 0 Å². The van der Waals surface area contributed by atoms with Gasteiger partial charge in [-0.25, -0.2) is 0 Å². The van der Waals surface area contributed by atoms with Crippen molar-refractivity contribution in [3.05, 3.63) is 59.2 Å². The molecule has 0 fully saturated rings. The number of anilines is 1. The van der Waals surface area contributed by atoms with Gasteiger partial charge < -0.3 is 14.5 Å². The third-order valence-corrected chi connectivity index (χ3v) is 5.96. The third-order valence-electron chi connectivity index (χ3n) is 5.96. The summed E-state index contributed by atoms with van der Waals surface area (Å²) < 4.78 is 45.5. The van der Waals surface area contributed by atoms with Gasteiger partial charge in [0.05, 0.1) is 12.7 Å². The fourth-order valence-corrected chi connectivity index (χ4v) is 4.25. The van der Waals surface area contributed by atoms with Crippen LogP contribution < -0.4 is 9.64 Å². The number of rotatable bonds is 6. The average molecular weight is 435 g/mol. The zero-order chi connectivity index (χ0) is 22.8. The number of halogens is 3. The van der Waals surface area contributed by atoms with Crippen LogP contribution in [0.15, 0.2) is 42.5 Å². The molecule has 0 saturated heterocycles. The normalized spacial score (nSPS) is 19.4. The van der Waals surface area contributed by atoms with E-state index in [1.54, 1.807) is 12.0 Å². The largest absolute Gasteiger partial charge is 0.497 e. The zero-order valence-electron chi connectivity index (χ0n) is 18.4. The fraction of sp³-hybridized carbons (Fsp3) is 0.458. The second-order valence-corrected chi connectivity index (χ2v) is 8.23. The highest BCUT2D eigenvalue weighted by atomic mass is 19.4. The van der Waals surface area contributed by atoms with Gasteiger partial charge in [-0.05, 0) is 74.3 Å². The number of nitrogens with zero attached hydrogens (tertiary/aromatic N) is 2. The Morgan fingerprint density at radius 1 is 1.13 bits per heavy atom. The number of alkyl halides is 3. The molecule has 2 unspecified atom stereocenters. The highest BCUT2D eigenvalue weighted by molar-refractivity contribution is 5.97. The van der Waals surface area contributed by atoms with E-state index in [0.717, 1.165) is 11.6 Å². The zero-order valence-corrected chi connectivity index (χ0v) is 18.4. The Morgan fingerprint density at radius 2 is 1.81 bits per heavy atom. The van der Waals surface area contributed by atoms with Gasteiger partial charge in [0, 0.05) is 24.7 Å². The van der Waals surface area contributed by atoms with E-state index in [2.05, 4.69) is 0 Å². The lowest BCUT2D eigenvalue weighted by Gasteiger charge is -2.29. The van der Waals surface area contributed by atoms with Crippen LogP contribution in [-0.4, -0.2) is 45.1 Å². The summed E-state index contributed by atoms with van der Waals surface area (Å²) in [6.45, 7) is 3.01. The molecule has 1 amide bonds. The van der Waals surface area contributed by atoms with E-state index in [1.807, 2.05) is 50.2 Å². The predicted octanol–water partition coefficient (Wildman–Crippen LogP) is 4.97. The number of hydrogen-bond acceptors (Lipinski definition) is 3. The van der Waals surface area contributed by atoms with Crippen LogP contribution in [0.4, 0.5) is 18.9 Å². The number of benzene rings is 2. The molecule has 2 aromatic rings. The predicted molar refractivity (Wildman–Crippen MR) is 116 cm³/mol. The van der Waals surface area contributed by atoms with E-state index in [4.69, 9.17) is 4.74 Å². The smallest absolute Gasteiger partial charge is 0.416 e. The van der Waals surface area contributed by atoms with Crippen molar-refractivity contribution < 1.29 is 22.7 Å². The van der Waals surface area contributed by atoms with Crippen LogP contribution in [-0.2, 0) is 17.4 Å². The molecule has 1 aliphatic rings. The maximum atomic E-state index is 13.6. The molecule has 0 radical (unpaired) electrons. The number of amides is 1. The number of ether oxygens (including phenoxy) is 1. The van der Waals surface area contributed by atoms with Gasteiger partial charge in [-0.15, -0.1) is 0 Å². The standard InChI is InChI=1S/C24H29F3N2O2/c1-5-20-21(16-6-9-19(31-4)10-7-16)15-17-14-18(24(25,26)27)8-11-22(17)29(23(20)30)13-12-28(2)3/h6-11,14,20-21H,5,12-13,15H2,1-4H3. The minimum atomic E-state index is -4.43. The molecular weight excluding hydrogens is 405 g/mol. The van der Waals surface area contributed by atoms with Crippen molar-refractivity contribution in [1.29, 1.82) is 0 Å². The third kappa shape index (κ3) is 5.03. The topological polar surface area (TPSA) is 32.8 Å². The molecule has 31 heavy (non-hydrogen) atoms. The number of methoxy groups -OCH3 is 1. The van der Waals surface area contributed by atoms with Crippen LogP contribution in [0.1, 0.15) is 36.0 Å². The maximum Gasteiger partial charge on any atom is 0.416 e. The molecular formula is C24H29F3N2O2. The number of fused-ring (bicyclic) bond motifs is 1. The molecule has 4 nitrogen and oxygen atoms in total. The Bertz CT molecular complexity index is 910. The number of carbonyl (C=O) groups excluding carboxylic acids is 1. The quantitative estimate of drug-likeness (QED) is 0.643. The Kier molecular flexibility index (Phi) is 6.94. The van der Waals surface area contributed by atoms with Crippen LogP contribution in [0.3, 0.4) is 0 Å². The molecule has 2 aromatic carbocycles. The Morgan fingerprint density at radius 3 is 2.35 bits per heavy atom. The number of hydrogen-bond donors (Lipinski definition) is 0. The minimum Gasteiger partial charge on any atom is -0.497 e. The lowest BCUT2D eigenvalue weighted by molar-refractivity contribution is -0.137. The summed E-state index contributed by atoms with van der Waals surface area (Å²) in [5, 5.41) is 0. The molecule has 0 saturated carbocycles. The molecule has 1 aliphatic heterocycles. The van der Waals surface area contributed by atoms with E-state index in [1.165, 1.54) is 12.1 Å². The number of likely N-dealkylation sites (N-methyl/N-ethyl adjacent to an activating group) is 1. The summed E-state index contributed by atoms with van der Waals surface area (Å²) >= 11 is 0. The Labute approximate surface area is 181 Å². The summed E-state index contributed by atoms with van der Waals surface area (Å²) in [7, 11) is 5.40. The highest BCUT2D eigenvalue weighted by Gasteiger charge is 2.38. The molecule has 0 N–H and O–H groups in total. The molecule has 0 spiro atoms. The molecule has 168 valence electrons. The van der Waals surface area contributed by atoms with Gasteiger partial charge in [-0.2, -0.15) is 13.2 Å². The van der Waals surface area contributed by atoms with E-state index < -0.39 is 11.7 Å². The van der Waals surface area contributed by atoms with Gasteiger partial charge in [-0.1, -0.05) is 19.1 Å². The van der Waals surface area contributed by atoms with Gasteiger partial charge >= 0.3 is 6.18 Å². The summed E-state index contributed by atoms with van der Waals surface area (Å²) in [6, 6.07) is 11.2. The van der Waals surface area contributed by atoms with Crippen molar-refractivity contribution in [2.24, 2.45) is 5.92 Å². The minimum absolute atomic E-state index is 0.0383. The van der Waals surface area contributed by atoms with E-state index in [-0.39, 0.29) is 17.7 Å². The highest BCUT2D eigenvalue weighted by Crippen LogP contribution is 2.42. The maximum absolute atomic E-state index is 13.6. The van der Waals surface area contributed by atoms with Crippen LogP contribution in [0, 0.1) is 5.92 Å². The Hall–Kier alpha value is -2.54. The van der Waals surface area contributed by atoms with Crippen LogP contribution in [0.2, 0.25) is 0 Å². The molecule has 1 heterocycles. The monoisotopic (exact) mass is 434 g/mol. The first kappa shape index (κ1) is 23.1. The summed E-state index contributed by atoms with van der Waals surface area (Å²) in [5.41, 5.74) is 1.38. The first-order chi connectivity index (χ1) is 14.7. The molecule has 0 aromatic heterocycles. The van der Waals surface area contributed by atoms with Crippen molar-refractivity contribution in [3.8, 4) is 5.75 Å². The summed E-state index contributed by atoms with van der Waals surface area (Å²) in [5.74, 6) is 0.125. The fourth-order valence-electron chi connectivity index (χ4n) is 4.25. The first-order valence-electron chi connectivity index (χ1n) is 10.5. The van der Waals surface area contributed by atoms with Gasteiger partial charge in [0.1, 0.15) is 5.75 Å². The summed E-state index contributed by atoms with van der Waals surface area (Å²) in [4.78, 5) is 17.2. The number of carbonyl (C=O) groups is 1. The van der Waals surface area contributed by atoms with Crippen molar-refractivity contribution >= 4 is 11.6 Å². The van der Waals surface area contributed by atoms with Gasteiger partial charge in [0.25, 0.3) is 0 Å². The van der Waals surface area contributed by atoms with Crippen LogP contribution in [0.5, 0.6) is 5.75 Å². The summed E-state index contributed by atoms with van der Waals surface area (Å²) in [6.07, 6.45) is -3.46. The van der Waals surface area contributed by atoms with E-state index in [0.29, 0.717) is 42.9 Å². The van der Waals surface area contributed by atoms with Crippen molar-refractivity contribution in [3.63, 3.8) is 0 Å². The van der Waals surface area contributed by atoms with Gasteiger partial charge in [0.15, 0.2) is 0 Å². The lowest BCUT2D eigenvalue weighted by atomic mass is 9.80. The van der Waals surface area contributed by atoms with E-state index >= 15 is 0 Å². The van der Waals surface area contributed by atoms with Crippen LogP contribution >= 0.6 is 0 Å². The molecule has 2 atom stereocenters. The molecule has 0 bridgehead atoms. The van der Waals surface area contributed by atoms with Crippen molar-refractivity contribution in [2.45, 2.75) is 31.9 Å². The van der Waals surface area contributed by atoms with Crippen molar-refractivity contribution in [2.75, 3.05) is 39.2 Å². The van der Waals surface area contributed by atoms with Crippen molar-refractivity contribution in [1.82, 2.24) is 4.90 Å². The second kappa shape index (κ2) is 9.30. The van der Waals surface area contributed by atoms with Gasteiger partial charge in [-0.3, -0.25) is 4.79 Å². The molecule has 7 heteroatoms. The molecule has 3 rings (SSSR count). The molecule has 0 aliphatic carbocycles. The first-order valence-corrected chi connectivity index (χ1v) is 10.5. The average Bonchev–Trinajstić information content (AvgIpc) is 2.84. The SMILES string of the molecule is CCC1C(=O)N(CCN(C)C)c2ccc(C(F)(F)F)cc2CC1c1ccc(OC)cc1. The van der Waals surface area contributed by atoms with Gasteiger partial charge in [0.2, 0.25) is 5.91 Å². The Balaban J connectivity index is 2.11. The van der Waals surface area contributed by atoms with E-state index in [9.17, 15) is 18.0 Å².